The normalized spacial score (nSPS) is 24.5. The van der Waals surface area contributed by atoms with Crippen LogP contribution in [0.25, 0.3) is 0 Å². The van der Waals surface area contributed by atoms with Gasteiger partial charge in [-0.15, -0.1) is 0 Å². The van der Waals surface area contributed by atoms with E-state index in [0.717, 1.165) is 17.8 Å². The van der Waals surface area contributed by atoms with Gasteiger partial charge in [0.2, 0.25) is 0 Å². The number of aliphatic hydroxyl groups excluding tert-OH is 1. The van der Waals surface area contributed by atoms with E-state index in [2.05, 4.69) is 11.5 Å². The summed E-state index contributed by atoms with van der Waals surface area (Å²) in [4.78, 5) is 2.30. The molecule has 1 heterocycles. The topological polar surface area (TPSA) is 49.5 Å². The van der Waals surface area contributed by atoms with Crippen molar-refractivity contribution in [2.75, 3.05) is 6.54 Å². The van der Waals surface area contributed by atoms with Crippen LogP contribution in [0.4, 0.5) is 0 Å². The Morgan fingerprint density at radius 3 is 2.88 bits per heavy atom. The van der Waals surface area contributed by atoms with Gasteiger partial charge in [-0.3, -0.25) is 0 Å². The molecule has 0 atom stereocenters. The smallest absolute Gasteiger partial charge is 0.114 e. The third-order valence-electron chi connectivity index (χ3n) is 3.24. The molecule has 2 rings (SSSR count). The average molecular weight is 218 g/mol. The van der Waals surface area contributed by atoms with Crippen LogP contribution >= 0.6 is 0 Å². The summed E-state index contributed by atoms with van der Waals surface area (Å²) in [5.41, 5.74) is 7.80. The molecule has 0 radical (unpaired) electrons. The lowest BCUT2D eigenvalue weighted by Crippen LogP contribution is -2.35. The molecule has 0 amide bonds. The van der Waals surface area contributed by atoms with Crippen LogP contribution in [-0.2, 0) is 0 Å². The molecule has 0 unspecified atom stereocenters. The summed E-state index contributed by atoms with van der Waals surface area (Å²) in [6, 6.07) is 0.668. The zero-order valence-electron chi connectivity index (χ0n) is 9.39. The molecule has 0 aromatic rings. The summed E-state index contributed by atoms with van der Waals surface area (Å²) in [6.45, 7) is 4.35. The maximum absolute atomic E-state index is 9.26. The SMILES string of the molecule is C=C/C(O)=C\C=C1/CN(C2CCC2)C=C1N. The molecule has 0 aromatic carbocycles. The van der Waals surface area contributed by atoms with Crippen molar-refractivity contribution in [1.29, 1.82) is 0 Å². The molecule has 1 saturated carbocycles. The van der Waals surface area contributed by atoms with Gasteiger partial charge in [-0.1, -0.05) is 12.7 Å². The van der Waals surface area contributed by atoms with Crippen LogP contribution in [0.2, 0.25) is 0 Å². The van der Waals surface area contributed by atoms with E-state index in [-0.39, 0.29) is 5.76 Å². The van der Waals surface area contributed by atoms with Gasteiger partial charge >= 0.3 is 0 Å². The number of rotatable bonds is 3. The van der Waals surface area contributed by atoms with Crippen LogP contribution in [-0.4, -0.2) is 22.6 Å². The highest BCUT2D eigenvalue weighted by Crippen LogP contribution is 2.29. The quantitative estimate of drug-likeness (QED) is 0.564. The van der Waals surface area contributed by atoms with Gasteiger partial charge in [-0.05, 0) is 37.0 Å². The minimum Gasteiger partial charge on any atom is -0.508 e. The van der Waals surface area contributed by atoms with Gasteiger partial charge in [0.25, 0.3) is 0 Å². The fraction of sp³-hybridized carbons (Fsp3) is 0.385. The van der Waals surface area contributed by atoms with Crippen LogP contribution in [0, 0.1) is 0 Å². The Labute approximate surface area is 96.2 Å². The lowest BCUT2D eigenvalue weighted by Gasteiger charge is -2.34. The zero-order chi connectivity index (χ0) is 11.5. The van der Waals surface area contributed by atoms with Crippen molar-refractivity contribution in [2.24, 2.45) is 5.73 Å². The van der Waals surface area contributed by atoms with Crippen molar-refractivity contribution in [2.45, 2.75) is 25.3 Å². The first kappa shape index (κ1) is 10.9. The standard InChI is InChI=1S/C13H18N2O/c1-2-12(16)7-6-10-8-15(9-13(10)14)11-4-3-5-11/h2,6-7,9,11,16H,1,3-5,8,14H2/b10-6+,12-7+. The number of nitrogens with two attached hydrogens (primary N) is 1. The van der Waals surface area contributed by atoms with Crippen molar-refractivity contribution in [1.82, 2.24) is 4.90 Å². The number of allylic oxidation sites excluding steroid dienone is 3. The summed E-state index contributed by atoms with van der Waals surface area (Å²) in [7, 11) is 0. The highest BCUT2D eigenvalue weighted by molar-refractivity contribution is 5.38. The van der Waals surface area contributed by atoms with Crippen molar-refractivity contribution >= 4 is 0 Å². The van der Waals surface area contributed by atoms with E-state index in [1.165, 1.54) is 25.3 Å². The molecule has 0 bridgehead atoms. The Kier molecular flexibility index (Phi) is 3.04. The van der Waals surface area contributed by atoms with E-state index in [9.17, 15) is 5.11 Å². The van der Waals surface area contributed by atoms with Crippen molar-refractivity contribution in [3.63, 3.8) is 0 Å². The average Bonchev–Trinajstić information content (AvgIpc) is 2.53. The molecule has 1 aliphatic carbocycles. The fourth-order valence-electron chi connectivity index (χ4n) is 1.95. The third-order valence-corrected chi connectivity index (χ3v) is 3.24. The molecule has 3 N–H and O–H groups in total. The van der Waals surface area contributed by atoms with Crippen LogP contribution in [0.1, 0.15) is 19.3 Å². The monoisotopic (exact) mass is 218 g/mol. The molecule has 16 heavy (non-hydrogen) atoms. The van der Waals surface area contributed by atoms with Crippen LogP contribution in [0.15, 0.2) is 48.0 Å². The van der Waals surface area contributed by atoms with Gasteiger partial charge in [0.15, 0.2) is 0 Å². The molecule has 86 valence electrons. The Morgan fingerprint density at radius 2 is 2.31 bits per heavy atom. The lowest BCUT2D eigenvalue weighted by atomic mass is 9.92. The van der Waals surface area contributed by atoms with Gasteiger partial charge < -0.3 is 15.7 Å². The Morgan fingerprint density at radius 1 is 1.56 bits per heavy atom. The molecular formula is C13H18N2O. The molecular weight excluding hydrogens is 200 g/mol. The second-order valence-electron chi connectivity index (χ2n) is 4.33. The molecule has 3 heteroatoms. The first-order chi connectivity index (χ1) is 7.70. The van der Waals surface area contributed by atoms with E-state index >= 15 is 0 Å². The van der Waals surface area contributed by atoms with Crippen molar-refractivity contribution < 1.29 is 5.11 Å². The second-order valence-corrected chi connectivity index (χ2v) is 4.33. The molecule has 2 aliphatic rings. The van der Waals surface area contributed by atoms with Crippen molar-refractivity contribution in [3.05, 3.63) is 48.0 Å². The molecule has 3 nitrogen and oxygen atoms in total. The predicted octanol–water partition coefficient (Wildman–Crippen LogP) is 2.21. The summed E-state index contributed by atoms with van der Waals surface area (Å²) in [5, 5.41) is 9.26. The predicted molar refractivity (Wildman–Crippen MR) is 65.6 cm³/mol. The van der Waals surface area contributed by atoms with Crippen LogP contribution in [0.5, 0.6) is 0 Å². The molecule has 1 aliphatic heterocycles. The lowest BCUT2D eigenvalue weighted by molar-refractivity contribution is 0.204. The van der Waals surface area contributed by atoms with E-state index < -0.39 is 0 Å². The van der Waals surface area contributed by atoms with Gasteiger partial charge in [0, 0.05) is 18.8 Å². The minimum absolute atomic E-state index is 0.169. The molecule has 0 spiro atoms. The van der Waals surface area contributed by atoms with Crippen LogP contribution in [0.3, 0.4) is 0 Å². The maximum Gasteiger partial charge on any atom is 0.114 e. The van der Waals surface area contributed by atoms with Gasteiger partial charge in [0.05, 0.1) is 5.70 Å². The zero-order valence-corrected chi connectivity index (χ0v) is 9.39. The number of nitrogens with zero attached hydrogens (tertiary/aromatic N) is 1. The summed E-state index contributed by atoms with van der Waals surface area (Å²) in [6.07, 6.45) is 10.8. The Bertz CT molecular complexity index is 375. The molecule has 1 fully saturated rings. The number of hydrogen-bond donors (Lipinski definition) is 2. The van der Waals surface area contributed by atoms with E-state index in [1.54, 1.807) is 6.08 Å². The first-order valence-electron chi connectivity index (χ1n) is 5.66. The van der Waals surface area contributed by atoms with Crippen LogP contribution < -0.4 is 5.73 Å². The molecule has 0 aromatic heterocycles. The number of aliphatic hydroxyl groups is 1. The summed E-state index contributed by atoms with van der Waals surface area (Å²) >= 11 is 0. The second kappa shape index (κ2) is 4.47. The summed E-state index contributed by atoms with van der Waals surface area (Å²) in [5.74, 6) is 0.169. The summed E-state index contributed by atoms with van der Waals surface area (Å²) < 4.78 is 0. The van der Waals surface area contributed by atoms with Crippen molar-refractivity contribution in [3.8, 4) is 0 Å². The maximum atomic E-state index is 9.26. The highest BCUT2D eigenvalue weighted by Gasteiger charge is 2.27. The van der Waals surface area contributed by atoms with E-state index in [1.807, 2.05) is 12.3 Å². The first-order valence-corrected chi connectivity index (χ1v) is 5.66. The largest absolute Gasteiger partial charge is 0.508 e. The fourth-order valence-corrected chi connectivity index (χ4v) is 1.95. The van der Waals surface area contributed by atoms with Gasteiger partial charge in [0.1, 0.15) is 5.76 Å². The number of hydrogen-bond acceptors (Lipinski definition) is 3. The molecule has 0 saturated heterocycles. The minimum atomic E-state index is 0.169. The highest BCUT2D eigenvalue weighted by atomic mass is 16.3. The third kappa shape index (κ3) is 2.13. The Hall–Kier alpha value is -1.64. The van der Waals surface area contributed by atoms with E-state index in [4.69, 9.17) is 5.73 Å². The Balaban J connectivity index is 2.03. The van der Waals surface area contributed by atoms with Gasteiger partial charge in [-0.2, -0.15) is 0 Å². The van der Waals surface area contributed by atoms with Gasteiger partial charge in [-0.25, -0.2) is 0 Å². The van der Waals surface area contributed by atoms with E-state index in [0.29, 0.717) is 6.04 Å².